The van der Waals surface area contributed by atoms with Gasteiger partial charge in [0.2, 0.25) is 0 Å². The minimum atomic E-state index is -0.764. The maximum Gasteiger partial charge on any atom is 0.407 e. The van der Waals surface area contributed by atoms with E-state index in [1.54, 1.807) is 30.1 Å². The van der Waals surface area contributed by atoms with Gasteiger partial charge in [-0.05, 0) is 44.2 Å². The van der Waals surface area contributed by atoms with Crippen LogP contribution in [0.5, 0.6) is 5.75 Å². The number of nitrogens with one attached hydrogen (secondary N) is 1. The van der Waals surface area contributed by atoms with Crippen LogP contribution in [0.4, 0.5) is 4.79 Å². The molecule has 0 unspecified atom stereocenters. The summed E-state index contributed by atoms with van der Waals surface area (Å²) >= 11 is 0. The molecule has 1 aliphatic carbocycles. The summed E-state index contributed by atoms with van der Waals surface area (Å²) in [6.45, 7) is 2.62. The standard InChI is InChI=1S/C21H29N5O5/c1-3-4-10-30-21(29)23-13-18-19(24-25-26(18)2)17-9-8-16(12-22-17)31-15-7-5-6-14(11-15)20(27)28/h8-9,12,14-15H,3-7,10-11,13H2,1-2H3,(H,23,29)(H,27,28)/t14-,15-/m0/s1. The lowest BCUT2D eigenvalue weighted by Crippen LogP contribution is -2.29. The molecular formula is C21H29N5O5. The first-order valence-electron chi connectivity index (χ1n) is 10.6. The zero-order chi connectivity index (χ0) is 22.2. The van der Waals surface area contributed by atoms with Crippen molar-refractivity contribution in [1.82, 2.24) is 25.3 Å². The van der Waals surface area contributed by atoms with Crippen LogP contribution in [0.2, 0.25) is 0 Å². The molecule has 10 nitrogen and oxygen atoms in total. The number of aryl methyl sites for hydroxylation is 1. The third kappa shape index (κ3) is 6.16. The number of nitrogens with zero attached hydrogens (tertiary/aromatic N) is 4. The fraction of sp³-hybridized carbons (Fsp3) is 0.571. The smallest absolute Gasteiger partial charge is 0.407 e. The molecule has 3 rings (SSSR count). The van der Waals surface area contributed by atoms with Crippen molar-refractivity contribution in [1.29, 1.82) is 0 Å². The predicted molar refractivity (Wildman–Crippen MR) is 111 cm³/mol. The van der Waals surface area contributed by atoms with E-state index in [1.165, 1.54) is 0 Å². The molecule has 1 fully saturated rings. The SMILES string of the molecule is CCCCOC(=O)NCc1c(-c2ccc(O[C@H]3CCC[C@H](C(=O)O)C3)cn2)nnn1C. The van der Waals surface area contributed by atoms with Crippen LogP contribution in [-0.2, 0) is 23.1 Å². The second-order valence-corrected chi connectivity index (χ2v) is 7.67. The van der Waals surface area contributed by atoms with Crippen molar-refractivity contribution in [3.05, 3.63) is 24.0 Å². The topological polar surface area (TPSA) is 128 Å². The van der Waals surface area contributed by atoms with Crippen molar-refractivity contribution in [2.45, 2.75) is 58.1 Å². The molecule has 1 aliphatic rings. The van der Waals surface area contributed by atoms with E-state index >= 15 is 0 Å². The highest BCUT2D eigenvalue weighted by atomic mass is 16.5. The van der Waals surface area contributed by atoms with Crippen LogP contribution < -0.4 is 10.1 Å². The average Bonchev–Trinajstić information content (AvgIpc) is 3.13. The summed E-state index contributed by atoms with van der Waals surface area (Å²) < 4.78 is 12.6. The summed E-state index contributed by atoms with van der Waals surface area (Å²) in [5.41, 5.74) is 1.86. The molecule has 2 heterocycles. The molecular weight excluding hydrogens is 402 g/mol. The second kappa shape index (κ2) is 10.7. The minimum Gasteiger partial charge on any atom is -0.489 e. The highest BCUT2D eigenvalue weighted by molar-refractivity contribution is 5.70. The van der Waals surface area contributed by atoms with Gasteiger partial charge in [0.05, 0.1) is 42.8 Å². The summed E-state index contributed by atoms with van der Waals surface area (Å²) in [7, 11) is 1.75. The zero-order valence-corrected chi connectivity index (χ0v) is 17.9. The molecule has 1 amide bonds. The number of alkyl carbamates (subject to hydrolysis) is 1. The van der Waals surface area contributed by atoms with Crippen LogP contribution in [0.3, 0.4) is 0 Å². The number of carbonyl (C=O) groups is 2. The Morgan fingerprint density at radius 3 is 2.87 bits per heavy atom. The largest absolute Gasteiger partial charge is 0.489 e. The molecule has 1 saturated carbocycles. The first-order chi connectivity index (χ1) is 15.0. The van der Waals surface area contributed by atoms with Gasteiger partial charge < -0.3 is 19.9 Å². The lowest BCUT2D eigenvalue weighted by molar-refractivity contribution is -0.143. The fourth-order valence-electron chi connectivity index (χ4n) is 3.55. The van der Waals surface area contributed by atoms with Crippen LogP contribution in [0, 0.1) is 5.92 Å². The lowest BCUT2D eigenvalue weighted by Gasteiger charge is -2.27. The van der Waals surface area contributed by atoms with Gasteiger partial charge in [0.25, 0.3) is 0 Å². The normalized spacial score (nSPS) is 18.4. The molecule has 0 spiro atoms. The van der Waals surface area contributed by atoms with Gasteiger partial charge in [-0.1, -0.05) is 18.6 Å². The van der Waals surface area contributed by atoms with Gasteiger partial charge in [-0.3, -0.25) is 9.78 Å². The number of carboxylic acids is 1. The Hall–Kier alpha value is -3.17. The van der Waals surface area contributed by atoms with Crippen LogP contribution in [0.15, 0.2) is 18.3 Å². The Bertz CT molecular complexity index is 883. The number of pyridine rings is 1. The van der Waals surface area contributed by atoms with E-state index in [4.69, 9.17) is 9.47 Å². The Balaban J connectivity index is 1.61. The van der Waals surface area contributed by atoms with Crippen LogP contribution in [0.1, 0.15) is 51.1 Å². The summed E-state index contributed by atoms with van der Waals surface area (Å²) in [5.74, 6) is -0.531. The predicted octanol–water partition coefficient (Wildman–Crippen LogP) is 2.93. The second-order valence-electron chi connectivity index (χ2n) is 7.67. The first-order valence-corrected chi connectivity index (χ1v) is 10.6. The van der Waals surface area contributed by atoms with E-state index in [1.807, 2.05) is 6.92 Å². The molecule has 2 atom stereocenters. The summed E-state index contributed by atoms with van der Waals surface area (Å²) in [4.78, 5) is 27.5. The Labute approximate surface area is 181 Å². The molecule has 0 saturated heterocycles. The number of aromatic nitrogens is 4. The molecule has 0 radical (unpaired) electrons. The number of carboxylic acid groups (broad SMARTS) is 1. The minimum absolute atomic E-state index is 0.127. The van der Waals surface area contributed by atoms with E-state index in [-0.39, 0.29) is 18.6 Å². The lowest BCUT2D eigenvalue weighted by atomic mass is 9.87. The number of amides is 1. The van der Waals surface area contributed by atoms with E-state index in [9.17, 15) is 14.7 Å². The monoisotopic (exact) mass is 431 g/mol. The van der Waals surface area contributed by atoms with Crippen molar-refractivity contribution in [3.63, 3.8) is 0 Å². The maximum atomic E-state index is 11.8. The number of carbonyl (C=O) groups excluding carboxylic acids is 1. The quantitative estimate of drug-likeness (QED) is 0.580. The van der Waals surface area contributed by atoms with Gasteiger partial charge in [0.15, 0.2) is 0 Å². The van der Waals surface area contributed by atoms with E-state index in [0.29, 0.717) is 42.3 Å². The van der Waals surface area contributed by atoms with Crippen molar-refractivity contribution < 1.29 is 24.2 Å². The number of ether oxygens (including phenoxy) is 2. The zero-order valence-electron chi connectivity index (χ0n) is 17.9. The van der Waals surface area contributed by atoms with Crippen LogP contribution in [0.25, 0.3) is 11.4 Å². The van der Waals surface area contributed by atoms with E-state index < -0.39 is 12.1 Å². The van der Waals surface area contributed by atoms with Crippen molar-refractivity contribution in [3.8, 4) is 17.1 Å². The van der Waals surface area contributed by atoms with E-state index in [0.717, 1.165) is 25.7 Å². The molecule has 168 valence electrons. The Kier molecular flexibility index (Phi) is 7.80. The average molecular weight is 431 g/mol. The molecule has 2 aromatic heterocycles. The summed E-state index contributed by atoms with van der Waals surface area (Å²) in [5, 5.41) is 20.1. The third-order valence-corrected chi connectivity index (χ3v) is 5.33. The van der Waals surface area contributed by atoms with Crippen molar-refractivity contribution >= 4 is 12.1 Å². The maximum absolute atomic E-state index is 11.8. The highest BCUT2D eigenvalue weighted by Gasteiger charge is 2.28. The van der Waals surface area contributed by atoms with E-state index in [2.05, 4.69) is 20.6 Å². The molecule has 2 N–H and O–H groups in total. The van der Waals surface area contributed by atoms with Crippen molar-refractivity contribution in [2.75, 3.05) is 6.61 Å². The Morgan fingerprint density at radius 1 is 1.32 bits per heavy atom. The molecule has 31 heavy (non-hydrogen) atoms. The first kappa shape index (κ1) is 22.5. The Morgan fingerprint density at radius 2 is 2.16 bits per heavy atom. The number of hydrogen-bond acceptors (Lipinski definition) is 7. The number of aliphatic carboxylic acids is 1. The molecule has 0 bridgehead atoms. The van der Waals surface area contributed by atoms with Gasteiger partial charge >= 0.3 is 12.1 Å². The number of unbranched alkanes of at least 4 members (excludes halogenated alkanes) is 1. The molecule has 2 aromatic rings. The van der Waals surface area contributed by atoms with Crippen LogP contribution in [-0.4, -0.2) is 49.9 Å². The van der Waals surface area contributed by atoms with Gasteiger partial charge in [-0.2, -0.15) is 0 Å². The summed E-state index contributed by atoms with van der Waals surface area (Å²) in [6.07, 6.45) is 5.64. The summed E-state index contributed by atoms with van der Waals surface area (Å²) in [6, 6.07) is 3.57. The van der Waals surface area contributed by atoms with Crippen molar-refractivity contribution in [2.24, 2.45) is 13.0 Å². The fourth-order valence-corrected chi connectivity index (χ4v) is 3.55. The highest BCUT2D eigenvalue weighted by Crippen LogP contribution is 2.28. The molecule has 0 aromatic carbocycles. The van der Waals surface area contributed by atoms with Gasteiger partial charge in [0, 0.05) is 7.05 Å². The van der Waals surface area contributed by atoms with Gasteiger partial charge in [-0.15, -0.1) is 5.10 Å². The van der Waals surface area contributed by atoms with Gasteiger partial charge in [0.1, 0.15) is 11.4 Å². The van der Waals surface area contributed by atoms with Crippen LogP contribution >= 0.6 is 0 Å². The number of rotatable bonds is 9. The third-order valence-electron chi connectivity index (χ3n) is 5.33. The molecule has 0 aliphatic heterocycles. The van der Waals surface area contributed by atoms with Gasteiger partial charge in [-0.25, -0.2) is 9.48 Å². The number of hydrogen-bond donors (Lipinski definition) is 2. The molecule has 10 heteroatoms.